The van der Waals surface area contributed by atoms with Gasteiger partial charge in [-0.05, 0) is 12.1 Å². The second-order valence-corrected chi connectivity index (χ2v) is 3.19. The van der Waals surface area contributed by atoms with E-state index in [9.17, 15) is 0 Å². The van der Waals surface area contributed by atoms with Crippen molar-refractivity contribution < 1.29 is 9.25 Å². The average Bonchev–Trinajstić information content (AvgIpc) is 2.80. The highest BCUT2D eigenvalue weighted by Crippen LogP contribution is 2.21. The van der Waals surface area contributed by atoms with E-state index in [0.29, 0.717) is 5.76 Å². The van der Waals surface area contributed by atoms with Crippen LogP contribution in [0.1, 0.15) is 5.76 Å². The number of hydrogen-bond acceptors (Lipinski definition) is 3. The van der Waals surface area contributed by atoms with Crippen molar-refractivity contribution in [3.63, 3.8) is 0 Å². The summed E-state index contributed by atoms with van der Waals surface area (Å²) < 4.78 is 5.55. The molecular weight excluding hydrogens is 204 g/mol. The molecule has 2 N–H and O–H groups in total. The molecule has 0 aliphatic heterocycles. The van der Waals surface area contributed by atoms with Crippen LogP contribution in [0.4, 0.5) is 0 Å². The van der Waals surface area contributed by atoms with Gasteiger partial charge in [0.2, 0.25) is 5.84 Å². The Balaban J connectivity index is 2.30. The van der Waals surface area contributed by atoms with Gasteiger partial charge >= 0.3 is 0 Å². The molecule has 0 radical (unpaired) electrons. The summed E-state index contributed by atoms with van der Waals surface area (Å²) in [4.78, 5) is 4.58. The van der Waals surface area contributed by atoms with Crippen LogP contribution in [0.2, 0.25) is 0 Å². The minimum absolute atomic E-state index is 0.227. The SMILES string of the molecule is CON=C(N)c1ccc(-c2ccccc2)o1. The van der Waals surface area contributed by atoms with E-state index in [2.05, 4.69) is 9.99 Å². The highest BCUT2D eigenvalue weighted by Gasteiger charge is 2.07. The number of benzene rings is 1. The molecule has 0 bridgehead atoms. The fraction of sp³-hybridized carbons (Fsp3) is 0.0833. The lowest BCUT2D eigenvalue weighted by atomic mass is 10.2. The Bertz CT molecular complexity index is 489. The van der Waals surface area contributed by atoms with E-state index < -0.39 is 0 Å². The van der Waals surface area contributed by atoms with Crippen LogP contribution >= 0.6 is 0 Å². The van der Waals surface area contributed by atoms with E-state index in [0.717, 1.165) is 11.3 Å². The van der Waals surface area contributed by atoms with Crippen molar-refractivity contribution in [2.24, 2.45) is 10.9 Å². The highest BCUT2D eigenvalue weighted by molar-refractivity contribution is 5.94. The molecule has 0 saturated carbocycles. The fourth-order valence-corrected chi connectivity index (χ4v) is 1.38. The number of rotatable bonds is 3. The summed E-state index contributed by atoms with van der Waals surface area (Å²) in [6, 6.07) is 13.4. The van der Waals surface area contributed by atoms with Gasteiger partial charge in [-0.3, -0.25) is 0 Å². The summed E-state index contributed by atoms with van der Waals surface area (Å²) in [7, 11) is 1.44. The number of furan rings is 1. The van der Waals surface area contributed by atoms with Gasteiger partial charge in [0.05, 0.1) is 0 Å². The summed E-state index contributed by atoms with van der Waals surface area (Å²) in [5.74, 6) is 1.48. The zero-order chi connectivity index (χ0) is 11.4. The molecule has 0 atom stereocenters. The maximum absolute atomic E-state index is 5.63. The molecular formula is C12H12N2O2. The van der Waals surface area contributed by atoms with Crippen LogP contribution in [-0.2, 0) is 4.84 Å². The lowest BCUT2D eigenvalue weighted by Crippen LogP contribution is -2.12. The molecule has 0 saturated heterocycles. The largest absolute Gasteiger partial charge is 0.453 e. The summed E-state index contributed by atoms with van der Waals surface area (Å²) in [6.07, 6.45) is 0. The molecule has 82 valence electrons. The fourth-order valence-electron chi connectivity index (χ4n) is 1.38. The summed E-state index contributed by atoms with van der Waals surface area (Å²) >= 11 is 0. The molecule has 0 unspecified atom stereocenters. The van der Waals surface area contributed by atoms with Crippen LogP contribution in [0, 0.1) is 0 Å². The Labute approximate surface area is 93.3 Å². The van der Waals surface area contributed by atoms with Crippen molar-refractivity contribution in [1.82, 2.24) is 0 Å². The van der Waals surface area contributed by atoms with E-state index in [4.69, 9.17) is 10.2 Å². The lowest BCUT2D eigenvalue weighted by Gasteiger charge is -1.96. The summed E-state index contributed by atoms with van der Waals surface area (Å²) in [5.41, 5.74) is 6.63. The minimum Gasteiger partial charge on any atom is -0.453 e. The third-order valence-electron chi connectivity index (χ3n) is 2.11. The van der Waals surface area contributed by atoms with Gasteiger partial charge in [-0.15, -0.1) is 0 Å². The molecule has 0 amide bonds. The summed E-state index contributed by atoms with van der Waals surface area (Å²) in [6.45, 7) is 0. The first-order chi connectivity index (χ1) is 7.81. The van der Waals surface area contributed by atoms with Crippen molar-refractivity contribution in [2.75, 3.05) is 7.11 Å². The van der Waals surface area contributed by atoms with E-state index in [-0.39, 0.29) is 5.84 Å². The smallest absolute Gasteiger partial charge is 0.206 e. The van der Waals surface area contributed by atoms with Crippen LogP contribution in [-0.4, -0.2) is 12.9 Å². The normalized spacial score (nSPS) is 11.4. The molecule has 0 aliphatic rings. The van der Waals surface area contributed by atoms with Crippen LogP contribution in [0.3, 0.4) is 0 Å². The molecule has 16 heavy (non-hydrogen) atoms. The van der Waals surface area contributed by atoms with E-state index in [1.54, 1.807) is 6.07 Å². The molecule has 4 nitrogen and oxygen atoms in total. The Kier molecular flexibility index (Phi) is 2.91. The standard InChI is InChI=1S/C12H12N2O2/c1-15-14-12(13)11-8-7-10(16-11)9-5-3-2-4-6-9/h2-8H,1H3,(H2,13,14). The average molecular weight is 216 g/mol. The number of hydrogen-bond donors (Lipinski definition) is 1. The maximum Gasteiger partial charge on any atom is 0.206 e. The molecule has 0 aliphatic carbocycles. The Morgan fingerprint density at radius 3 is 2.62 bits per heavy atom. The third kappa shape index (κ3) is 2.06. The van der Waals surface area contributed by atoms with Gasteiger partial charge in [0.25, 0.3) is 0 Å². The zero-order valence-electron chi connectivity index (χ0n) is 8.88. The third-order valence-corrected chi connectivity index (χ3v) is 2.11. The van der Waals surface area contributed by atoms with Crippen LogP contribution in [0.15, 0.2) is 52.0 Å². The molecule has 2 aromatic rings. The monoisotopic (exact) mass is 216 g/mol. The van der Waals surface area contributed by atoms with Crippen molar-refractivity contribution >= 4 is 5.84 Å². The van der Waals surface area contributed by atoms with Crippen LogP contribution < -0.4 is 5.73 Å². The zero-order valence-corrected chi connectivity index (χ0v) is 8.88. The topological polar surface area (TPSA) is 60.8 Å². The molecule has 1 aromatic carbocycles. The van der Waals surface area contributed by atoms with E-state index in [1.165, 1.54) is 7.11 Å². The molecule has 0 spiro atoms. The number of nitrogens with zero attached hydrogens (tertiary/aromatic N) is 1. The van der Waals surface area contributed by atoms with Gasteiger partial charge in [0.1, 0.15) is 12.9 Å². The van der Waals surface area contributed by atoms with Gasteiger partial charge in [-0.1, -0.05) is 35.5 Å². The van der Waals surface area contributed by atoms with Gasteiger partial charge in [0, 0.05) is 5.56 Å². The van der Waals surface area contributed by atoms with E-state index in [1.807, 2.05) is 36.4 Å². The second-order valence-electron chi connectivity index (χ2n) is 3.19. The van der Waals surface area contributed by atoms with E-state index >= 15 is 0 Å². The second kappa shape index (κ2) is 4.53. The van der Waals surface area contributed by atoms with Crippen molar-refractivity contribution in [2.45, 2.75) is 0 Å². The van der Waals surface area contributed by atoms with Crippen LogP contribution in [0.25, 0.3) is 11.3 Å². The van der Waals surface area contributed by atoms with Gasteiger partial charge in [0.15, 0.2) is 5.76 Å². The quantitative estimate of drug-likeness (QED) is 0.486. The molecule has 1 heterocycles. The first-order valence-corrected chi connectivity index (χ1v) is 4.83. The molecule has 0 fully saturated rings. The molecule has 2 rings (SSSR count). The van der Waals surface area contributed by atoms with Crippen LogP contribution in [0.5, 0.6) is 0 Å². The van der Waals surface area contributed by atoms with Crippen molar-refractivity contribution in [3.05, 3.63) is 48.2 Å². The lowest BCUT2D eigenvalue weighted by molar-refractivity contribution is 0.212. The maximum atomic E-state index is 5.63. The van der Waals surface area contributed by atoms with Gasteiger partial charge in [-0.25, -0.2) is 0 Å². The highest BCUT2D eigenvalue weighted by atomic mass is 16.6. The number of nitrogens with two attached hydrogens (primary N) is 1. The van der Waals surface area contributed by atoms with Crippen molar-refractivity contribution in [3.8, 4) is 11.3 Å². The minimum atomic E-state index is 0.227. The van der Waals surface area contributed by atoms with Crippen molar-refractivity contribution in [1.29, 1.82) is 0 Å². The Hall–Kier alpha value is -2.23. The molecule has 4 heteroatoms. The predicted molar refractivity (Wildman–Crippen MR) is 61.9 cm³/mol. The first kappa shape index (κ1) is 10.3. The number of oxime groups is 1. The first-order valence-electron chi connectivity index (χ1n) is 4.83. The number of amidine groups is 1. The summed E-state index contributed by atoms with van der Waals surface area (Å²) in [5, 5.41) is 3.60. The molecule has 1 aromatic heterocycles. The Morgan fingerprint density at radius 2 is 1.94 bits per heavy atom. The van der Waals surface area contributed by atoms with Gasteiger partial charge in [-0.2, -0.15) is 0 Å². The Morgan fingerprint density at radius 1 is 1.19 bits per heavy atom. The van der Waals surface area contributed by atoms with Gasteiger partial charge < -0.3 is 15.0 Å². The predicted octanol–water partition coefficient (Wildman–Crippen LogP) is 2.21.